The van der Waals surface area contributed by atoms with Gasteiger partial charge in [-0.3, -0.25) is 0 Å². The molecule has 0 bridgehead atoms. The number of nitrogens with two attached hydrogens (primary N) is 1. The zero-order chi connectivity index (χ0) is 21.8. The Hall–Kier alpha value is -3.82. The number of halogens is 1. The summed E-state index contributed by atoms with van der Waals surface area (Å²) >= 11 is 0. The SMILES string of the molecule is CCOC(=O)C1=C(COC(=O)c2ccc(F)cc2N)NC(=O)NC1c1ccc(C)o1. The Kier molecular flexibility index (Phi) is 6.05. The van der Waals surface area contributed by atoms with Crippen molar-refractivity contribution in [3.8, 4) is 0 Å². The molecule has 0 saturated carbocycles. The summed E-state index contributed by atoms with van der Waals surface area (Å²) < 4.78 is 29.1. The van der Waals surface area contributed by atoms with Gasteiger partial charge >= 0.3 is 18.0 Å². The van der Waals surface area contributed by atoms with Crippen molar-refractivity contribution in [3.05, 3.63) is 64.5 Å². The zero-order valence-corrected chi connectivity index (χ0v) is 16.3. The minimum atomic E-state index is -0.934. The van der Waals surface area contributed by atoms with E-state index in [1.54, 1.807) is 26.0 Å². The van der Waals surface area contributed by atoms with Gasteiger partial charge in [-0.25, -0.2) is 18.8 Å². The maximum atomic E-state index is 13.2. The van der Waals surface area contributed by atoms with E-state index in [-0.39, 0.29) is 29.1 Å². The van der Waals surface area contributed by atoms with E-state index in [2.05, 4.69) is 10.6 Å². The average Bonchev–Trinajstić information content (AvgIpc) is 3.12. The first-order valence-electron chi connectivity index (χ1n) is 9.06. The van der Waals surface area contributed by atoms with Crippen LogP contribution < -0.4 is 16.4 Å². The predicted octanol–water partition coefficient (Wildman–Crippen LogP) is 2.34. The number of esters is 2. The number of nitrogen functional groups attached to an aromatic ring is 1. The first-order valence-corrected chi connectivity index (χ1v) is 9.06. The van der Waals surface area contributed by atoms with E-state index in [1.165, 1.54) is 6.07 Å². The Balaban J connectivity index is 1.91. The topological polar surface area (TPSA) is 133 Å². The Morgan fingerprint density at radius 2 is 1.97 bits per heavy atom. The third-order valence-electron chi connectivity index (χ3n) is 4.28. The number of urea groups is 1. The van der Waals surface area contributed by atoms with Gasteiger partial charge in [0.1, 0.15) is 30.0 Å². The number of carbonyl (C=O) groups is 3. The standard InChI is InChI=1S/C20H20FN3O6/c1-3-28-19(26)16-14(9-29-18(25)12-6-5-11(21)8-13(12)22)23-20(27)24-17(16)15-7-4-10(2)30-15/h4-8,17H,3,9,22H2,1-2H3,(H2,23,24,27). The first-order chi connectivity index (χ1) is 14.3. The van der Waals surface area contributed by atoms with Gasteiger partial charge in [-0.05, 0) is 44.2 Å². The maximum Gasteiger partial charge on any atom is 0.340 e. The number of hydrogen-bond acceptors (Lipinski definition) is 7. The lowest BCUT2D eigenvalue weighted by atomic mass is 10.0. The van der Waals surface area contributed by atoms with Gasteiger partial charge in [-0.1, -0.05) is 0 Å². The fraction of sp³-hybridized carbons (Fsp3) is 0.250. The second-order valence-electron chi connectivity index (χ2n) is 6.40. The Labute approximate surface area is 171 Å². The average molecular weight is 417 g/mol. The van der Waals surface area contributed by atoms with Gasteiger partial charge in [0.2, 0.25) is 0 Å². The van der Waals surface area contributed by atoms with Crippen molar-refractivity contribution in [2.45, 2.75) is 19.9 Å². The maximum absolute atomic E-state index is 13.2. The van der Waals surface area contributed by atoms with Crippen molar-refractivity contribution in [3.63, 3.8) is 0 Å². The lowest BCUT2D eigenvalue weighted by molar-refractivity contribution is -0.139. The molecule has 0 fully saturated rings. The van der Waals surface area contributed by atoms with E-state index in [0.29, 0.717) is 11.5 Å². The van der Waals surface area contributed by atoms with E-state index in [0.717, 1.165) is 12.1 Å². The van der Waals surface area contributed by atoms with Gasteiger partial charge in [0.05, 0.1) is 23.4 Å². The molecule has 1 atom stereocenters. The van der Waals surface area contributed by atoms with Crippen molar-refractivity contribution in [2.24, 2.45) is 0 Å². The molecule has 2 amide bonds. The molecule has 2 aromatic rings. The molecule has 0 saturated heterocycles. The number of ether oxygens (including phenoxy) is 2. The van der Waals surface area contributed by atoms with E-state index in [9.17, 15) is 18.8 Å². The Morgan fingerprint density at radius 3 is 2.60 bits per heavy atom. The summed E-state index contributed by atoms with van der Waals surface area (Å²) in [5.74, 6) is -1.26. The minimum Gasteiger partial charge on any atom is -0.464 e. The van der Waals surface area contributed by atoms with Crippen molar-refractivity contribution in [1.82, 2.24) is 10.6 Å². The number of benzene rings is 1. The highest BCUT2D eigenvalue weighted by atomic mass is 19.1. The lowest BCUT2D eigenvalue weighted by Gasteiger charge is -2.27. The lowest BCUT2D eigenvalue weighted by Crippen LogP contribution is -2.47. The third kappa shape index (κ3) is 4.43. The van der Waals surface area contributed by atoms with Gasteiger partial charge < -0.3 is 30.3 Å². The molecular formula is C20H20FN3O6. The molecule has 1 aromatic heterocycles. The number of rotatable bonds is 6. The van der Waals surface area contributed by atoms with Crippen molar-refractivity contribution >= 4 is 23.7 Å². The number of anilines is 1. The van der Waals surface area contributed by atoms with Crippen LogP contribution in [-0.2, 0) is 14.3 Å². The van der Waals surface area contributed by atoms with Crippen molar-refractivity contribution in [2.75, 3.05) is 18.9 Å². The molecule has 3 rings (SSSR count). The summed E-state index contributed by atoms with van der Waals surface area (Å²) in [5, 5.41) is 5.06. The molecule has 9 nitrogen and oxygen atoms in total. The van der Waals surface area contributed by atoms with E-state index in [1.807, 2.05) is 0 Å². The highest BCUT2D eigenvalue weighted by molar-refractivity contribution is 5.96. The first kappa shape index (κ1) is 20.9. The van der Waals surface area contributed by atoms with Gasteiger partial charge in [-0.15, -0.1) is 0 Å². The molecule has 10 heteroatoms. The fourth-order valence-corrected chi connectivity index (χ4v) is 2.94. The van der Waals surface area contributed by atoms with Crippen LogP contribution in [0.15, 0.2) is 46.0 Å². The van der Waals surface area contributed by atoms with Gasteiger partial charge in [0.15, 0.2) is 0 Å². The molecular weight excluding hydrogens is 397 g/mol. The second kappa shape index (κ2) is 8.68. The van der Waals surface area contributed by atoms with Crippen LogP contribution in [0, 0.1) is 12.7 Å². The van der Waals surface area contributed by atoms with Crippen LogP contribution in [0.5, 0.6) is 0 Å². The Bertz CT molecular complexity index is 1030. The molecule has 1 unspecified atom stereocenters. The molecule has 1 aromatic carbocycles. The third-order valence-corrected chi connectivity index (χ3v) is 4.28. The van der Waals surface area contributed by atoms with Crippen LogP contribution in [0.3, 0.4) is 0 Å². The summed E-state index contributed by atoms with van der Waals surface area (Å²) in [5.41, 5.74) is 5.57. The second-order valence-corrected chi connectivity index (χ2v) is 6.40. The van der Waals surface area contributed by atoms with E-state index < -0.39 is 36.4 Å². The van der Waals surface area contributed by atoms with Crippen LogP contribution >= 0.6 is 0 Å². The van der Waals surface area contributed by atoms with Crippen LogP contribution in [-0.4, -0.2) is 31.2 Å². The van der Waals surface area contributed by atoms with Gasteiger partial charge in [-0.2, -0.15) is 0 Å². The number of hydrogen-bond donors (Lipinski definition) is 3. The zero-order valence-electron chi connectivity index (χ0n) is 16.3. The van der Waals surface area contributed by atoms with E-state index in [4.69, 9.17) is 19.6 Å². The molecule has 158 valence electrons. The molecule has 0 spiro atoms. The molecule has 2 heterocycles. The Morgan fingerprint density at radius 1 is 1.20 bits per heavy atom. The molecule has 1 aliphatic heterocycles. The van der Waals surface area contributed by atoms with Crippen LogP contribution in [0.1, 0.15) is 34.8 Å². The summed E-state index contributed by atoms with van der Waals surface area (Å²) in [6, 6.07) is 4.99. The molecule has 4 N–H and O–H groups in total. The summed E-state index contributed by atoms with van der Waals surface area (Å²) in [4.78, 5) is 37.1. The highest BCUT2D eigenvalue weighted by Crippen LogP contribution is 2.29. The fourth-order valence-electron chi connectivity index (χ4n) is 2.94. The molecule has 0 aliphatic carbocycles. The number of furan rings is 1. The van der Waals surface area contributed by atoms with Crippen LogP contribution in [0.2, 0.25) is 0 Å². The monoisotopic (exact) mass is 417 g/mol. The largest absolute Gasteiger partial charge is 0.464 e. The smallest absolute Gasteiger partial charge is 0.340 e. The van der Waals surface area contributed by atoms with Crippen molar-refractivity contribution < 1.29 is 32.7 Å². The van der Waals surface area contributed by atoms with Crippen molar-refractivity contribution in [1.29, 1.82) is 0 Å². The number of aryl methyl sites for hydroxylation is 1. The van der Waals surface area contributed by atoms with Gasteiger partial charge in [0, 0.05) is 5.69 Å². The normalized spacial score (nSPS) is 16.0. The summed E-state index contributed by atoms with van der Waals surface area (Å²) in [7, 11) is 0. The number of amides is 2. The molecule has 0 radical (unpaired) electrons. The minimum absolute atomic E-state index is 0.0327. The number of nitrogens with one attached hydrogen (secondary N) is 2. The van der Waals surface area contributed by atoms with E-state index >= 15 is 0 Å². The highest BCUT2D eigenvalue weighted by Gasteiger charge is 2.36. The quantitative estimate of drug-likeness (QED) is 0.485. The number of carbonyl (C=O) groups excluding carboxylic acids is 3. The summed E-state index contributed by atoms with van der Waals surface area (Å²) in [6.07, 6.45) is 0. The predicted molar refractivity (Wildman–Crippen MR) is 103 cm³/mol. The summed E-state index contributed by atoms with van der Waals surface area (Å²) in [6.45, 7) is 3.00. The van der Waals surface area contributed by atoms with Crippen LogP contribution in [0.25, 0.3) is 0 Å². The molecule has 30 heavy (non-hydrogen) atoms. The molecule has 1 aliphatic rings. The van der Waals surface area contributed by atoms with Crippen LogP contribution in [0.4, 0.5) is 14.9 Å². The van der Waals surface area contributed by atoms with Gasteiger partial charge in [0.25, 0.3) is 0 Å².